The van der Waals surface area contributed by atoms with Crippen LogP contribution in [-0.4, -0.2) is 16.0 Å². The Balaban J connectivity index is 1.44. The maximum Gasteiger partial charge on any atom is 0.224 e. The van der Waals surface area contributed by atoms with Crippen molar-refractivity contribution in [3.05, 3.63) is 59.4 Å². The number of nitrogens with zero attached hydrogens (tertiary/aromatic N) is 1. The summed E-state index contributed by atoms with van der Waals surface area (Å²) in [4.78, 5) is 16.6. The second-order valence-electron chi connectivity index (χ2n) is 6.18. The molecule has 0 aliphatic heterocycles. The summed E-state index contributed by atoms with van der Waals surface area (Å²) in [5.74, 6) is 0.827. The predicted octanol–water partition coefficient (Wildman–Crippen LogP) is 2.69. The van der Waals surface area contributed by atoms with E-state index in [9.17, 15) is 9.90 Å². The minimum Gasteiger partial charge on any atom is -0.508 e. The Morgan fingerprint density at radius 1 is 1.27 bits per heavy atom. The van der Waals surface area contributed by atoms with Crippen LogP contribution < -0.4 is 5.32 Å². The van der Waals surface area contributed by atoms with E-state index in [-0.39, 0.29) is 17.9 Å². The maximum absolute atomic E-state index is 12.4. The molecule has 1 saturated carbocycles. The van der Waals surface area contributed by atoms with E-state index in [1.807, 2.05) is 30.5 Å². The summed E-state index contributed by atoms with van der Waals surface area (Å²) in [7, 11) is 0. The van der Waals surface area contributed by atoms with E-state index in [0.717, 1.165) is 36.0 Å². The highest BCUT2D eigenvalue weighted by molar-refractivity contribution is 5.83. The normalized spacial score (nSPS) is 25.5. The lowest BCUT2D eigenvalue weighted by Crippen LogP contribution is -2.28. The van der Waals surface area contributed by atoms with Crippen LogP contribution in [-0.2, 0) is 11.2 Å². The number of hydrogen-bond donors (Lipinski definition) is 2. The minimum absolute atomic E-state index is 0.0322. The molecule has 1 aromatic heterocycles. The van der Waals surface area contributed by atoms with Crippen LogP contribution in [0.15, 0.2) is 42.7 Å². The Labute approximate surface area is 129 Å². The van der Waals surface area contributed by atoms with E-state index in [2.05, 4.69) is 10.3 Å². The van der Waals surface area contributed by atoms with Crippen molar-refractivity contribution in [1.29, 1.82) is 0 Å². The van der Waals surface area contributed by atoms with Gasteiger partial charge in [-0.15, -0.1) is 0 Å². The van der Waals surface area contributed by atoms with Crippen molar-refractivity contribution in [1.82, 2.24) is 10.3 Å². The lowest BCUT2D eigenvalue weighted by molar-refractivity contribution is -0.123. The lowest BCUT2D eigenvalue weighted by Gasteiger charge is -2.14. The smallest absolute Gasteiger partial charge is 0.224 e. The zero-order valence-corrected chi connectivity index (χ0v) is 12.2. The Morgan fingerprint density at radius 2 is 2.18 bits per heavy atom. The Hall–Kier alpha value is -2.36. The number of aromatic nitrogens is 1. The summed E-state index contributed by atoms with van der Waals surface area (Å²) in [5, 5.41) is 13.0. The number of pyridine rings is 1. The van der Waals surface area contributed by atoms with Gasteiger partial charge >= 0.3 is 0 Å². The number of carbonyl (C=O) groups excluding carboxylic acids is 1. The second-order valence-corrected chi connectivity index (χ2v) is 6.18. The number of amides is 1. The van der Waals surface area contributed by atoms with E-state index in [1.165, 1.54) is 0 Å². The third kappa shape index (κ3) is 2.25. The zero-order chi connectivity index (χ0) is 15.1. The van der Waals surface area contributed by atoms with Gasteiger partial charge in [0.2, 0.25) is 5.91 Å². The number of phenols is 1. The fourth-order valence-corrected chi connectivity index (χ4v) is 3.51. The maximum atomic E-state index is 12.4. The number of fused-ring (bicyclic) bond motifs is 1. The molecule has 0 spiro atoms. The van der Waals surface area contributed by atoms with Crippen LogP contribution >= 0.6 is 0 Å². The molecule has 4 nitrogen and oxygen atoms in total. The van der Waals surface area contributed by atoms with Gasteiger partial charge < -0.3 is 10.4 Å². The Morgan fingerprint density at radius 3 is 3.00 bits per heavy atom. The first-order valence-electron chi connectivity index (χ1n) is 7.75. The molecular formula is C18H18N2O2. The van der Waals surface area contributed by atoms with Crippen LogP contribution in [0, 0.1) is 5.92 Å². The standard InChI is InChI=1S/C18H18N2O2/c21-17-5-1-4-12-13(17)6-7-16(12)20-18(22)15-9-14(15)11-3-2-8-19-10-11/h1-5,8,10,14-16,21H,6-7,9H2,(H,20,22)/t14-,15+,16-/m1/s1. The minimum atomic E-state index is 0.0322. The fraction of sp³-hybridized carbons (Fsp3) is 0.333. The third-order valence-corrected chi connectivity index (χ3v) is 4.80. The van der Waals surface area contributed by atoms with Gasteiger partial charge in [0.1, 0.15) is 5.75 Å². The van der Waals surface area contributed by atoms with Crippen molar-refractivity contribution in [3.8, 4) is 5.75 Å². The second kappa shape index (κ2) is 5.13. The van der Waals surface area contributed by atoms with Crippen LogP contribution in [0.5, 0.6) is 5.75 Å². The third-order valence-electron chi connectivity index (χ3n) is 4.80. The average molecular weight is 294 g/mol. The molecule has 2 aliphatic carbocycles. The first-order valence-corrected chi connectivity index (χ1v) is 7.75. The van der Waals surface area contributed by atoms with Crippen molar-refractivity contribution in [2.75, 3.05) is 0 Å². The van der Waals surface area contributed by atoms with Gasteiger partial charge in [0, 0.05) is 18.3 Å². The number of benzene rings is 1. The largest absolute Gasteiger partial charge is 0.508 e. The monoisotopic (exact) mass is 294 g/mol. The van der Waals surface area contributed by atoms with Gasteiger partial charge in [0.25, 0.3) is 0 Å². The first-order chi connectivity index (χ1) is 10.7. The molecule has 2 N–H and O–H groups in total. The van der Waals surface area contributed by atoms with Gasteiger partial charge in [-0.1, -0.05) is 18.2 Å². The van der Waals surface area contributed by atoms with Crippen molar-refractivity contribution < 1.29 is 9.90 Å². The van der Waals surface area contributed by atoms with Gasteiger partial charge in [-0.05, 0) is 54.0 Å². The van der Waals surface area contributed by atoms with Crippen molar-refractivity contribution in [2.45, 2.75) is 31.2 Å². The van der Waals surface area contributed by atoms with Gasteiger partial charge in [-0.2, -0.15) is 0 Å². The number of nitrogens with one attached hydrogen (secondary N) is 1. The highest BCUT2D eigenvalue weighted by Gasteiger charge is 2.44. The molecule has 0 bridgehead atoms. The van der Waals surface area contributed by atoms with E-state index in [0.29, 0.717) is 11.7 Å². The van der Waals surface area contributed by atoms with Crippen molar-refractivity contribution in [3.63, 3.8) is 0 Å². The fourth-order valence-electron chi connectivity index (χ4n) is 3.51. The lowest BCUT2D eigenvalue weighted by atomic mass is 10.1. The van der Waals surface area contributed by atoms with E-state index in [1.54, 1.807) is 12.3 Å². The molecule has 3 atom stereocenters. The SMILES string of the molecule is O=C(N[C@@H]1CCc2c(O)cccc21)[C@H]1C[C@@H]1c1cccnc1. The van der Waals surface area contributed by atoms with Crippen LogP contribution in [0.1, 0.15) is 41.5 Å². The summed E-state index contributed by atoms with van der Waals surface area (Å²) in [6.45, 7) is 0. The zero-order valence-electron chi connectivity index (χ0n) is 12.2. The van der Waals surface area contributed by atoms with Crippen LogP contribution in [0.25, 0.3) is 0 Å². The Bertz CT molecular complexity index is 714. The molecule has 22 heavy (non-hydrogen) atoms. The highest BCUT2D eigenvalue weighted by atomic mass is 16.3. The van der Waals surface area contributed by atoms with E-state index >= 15 is 0 Å². The number of rotatable bonds is 3. The molecule has 4 heteroatoms. The molecule has 4 rings (SSSR count). The summed E-state index contributed by atoms with van der Waals surface area (Å²) in [6, 6.07) is 9.53. The van der Waals surface area contributed by atoms with E-state index < -0.39 is 0 Å². The molecule has 0 unspecified atom stereocenters. The molecule has 2 aliphatic rings. The van der Waals surface area contributed by atoms with Crippen molar-refractivity contribution in [2.24, 2.45) is 5.92 Å². The summed E-state index contributed by atoms with van der Waals surface area (Å²) in [5.41, 5.74) is 3.19. The molecule has 1 fully saturated rings. The summed E-state index contributed by atoms with van der Waals surface area (Å²) < 4.78 is 0. The van der Waals surface area contributed by atoms with Gasteiger partial charge in [0.05, 0.1) is 6.04 Å². The molecule has 1 amide bonds. The van der Waals surface area contributed by atoms with Crippen LogP contribution in [0.2, 0.25) is 0 Å². The predicted molar refractivity (Wildman–Crippen MR) is 82.4 cm³/mol. The first kappa shape index (κ1) is 13.3. The number of aromatic hydroxyl groups is 1. The van der Waals surface area contributed by atoms with E-state index in [4.69, 9.17) is 0 Å². The number of hydrogen-bond acceptors (Lipinski definition) is 3. The number of phenolic OH excluding ortho intramolecular Hbond substituents is 1. The quantitative estimate of drug-likeness (QED) is 0.915. The van der Waals surface area contributed by atoms with Crippen LogP contribution in [0.3, 0.4) is 0 Å². The van der Waals surface area contributed by atoms with Gasteiger partial charge in [-0.3, -0.25) is 9.78 Å². The van der Waals surface area contributed by atoms with Crippen molar-refractivity contribution >= 4 is 5.91 Å². The van der Waals surface area contributed by atoms with Gasteiger partial charge in [-0.25, -0.2) is 0 Å². The van der Waals surface area contributed by atoms with Crippen LogP contribution in [0.4, 0.5) is 0 Å². The molecule has 2 aromatic rings. The van der Waals surface area contributed by atoms with Gasteiger partial charge in [0.15, 0.2) is 0 Å². The summed E-state index contributed by atoms with van der Waals surface area (Å²) in [6.07, 6.45) is 6.19. The molecule has 1 heterocycles. The molecule has 0 radical (unpaired) electrons. The topological polar surface area (TPSA) is 62.2 Å². The average Bonchev–Trinajstić information content (AvgIpc) is 3.25. The highest BCUT2D eigenvalue weighted by Crippen LogP contribution is 2.48. The summed E-state index contributed by atoms with van der Waals surface area (Å²) >= 11 is 0. The molecular weight excluding hydrogens is 276 g/mol. The number of carbonyl (C=O) groups is 1. The molecule has 0 saturated heterocycles. The Kier molecular flexibility index (Phi) is 3.10. The molecule has 112 valence electrons. The molecule has 1 aromatic carbocycles.